The molecule has 10 nitrogen and oxygen atoms in total. The Morgan fingerprint density at radius 2 is 1.53 bits per heavy atom. The third-order valence-electron chi connectivity index (χ3n) is 9.06. The maximum Gasteiger partial charge on any atom is 0.165 e. The van der Waals surface area contributed by atoms with Gasteiger partial charge < -0.3 is 19.1 Å². The van der Waals surface area contributed by atoms with Crippen molar-refractivity contribution in [3.63, 3.8) is 0 Å². The van der Waals surface area contributed by atoms with Gasteiger partial charge in [-0.1, -0.05) is 75.7 Å². The van der Waals surface area contributed by atoms with Crippen molar-refractivity contribution >= 4 is 43.5 Å². The zero-order valence-corrected chi connectivity index (χ0v) is 34.2. The van der Waals surface area contributed by atoms with Crippen molar-refractivity contribution in [2.45, 2.75) is 77.1 Å². The first-order valence-corrected chi connectivity index (χ1v) is 27.3. The second-order valence-corrected chi connectivity index (χ2v) is 29.3. The van der Waals surface area contributed by atoms with Crippen LogP contribution in [0.5, 0.6) is 0 Å². The highest BCUT2D eigenvalue weighted by atomic mass is 32.2. The van der Waals surface area contributed by atoms with E-state index in [1.54, 1.807) is 6.26 Å². The average Bonchev–Trinajstić information content (AvgIpc) is 3.51. The van der Waals surface area contributed by atoms with Crippen molar-refractivity contribution in [3.8, 4) is 22.4 Å². The lowest BCUT2D eigenvalue weighted by Gasteiger charge is -2.30. The maximum absolute atomic E-state index is 12.6. The van der Waals surface area contributed by atoms with Gasteiger partial charge in [-0.15, -0.1) is 0 Å². The van der Waals surface area contributed by atoms with Crippen LogP contribution in [0.25, 0.3) is 34.1 Å². The fourth-order valence-corrected chi connectivity index (χ4v) is 8.97. The highest BCUT2D eigenvalue weighted by Crippen LogP contribution is 2.38. The van der Waals surface area contributed by atoms with Crippen LogP contribution in [0, 0.1) is 0 Å². The van der Waals surface area contributed by atoms with Gasteiger partial charge in [0.15, 0.2) is 5.65 Å². The number of rotatable bonds is 17. The summed E-state index contributed by atoms with van der Waals surface area (Å²) in [5.74, 6) is 0.978. The van der Waals surface area contributed by atoms with Crippen molar-refractivity contribution < 1.29 is 22.6 Å². The normalized spacial score (nSPS) is 15.5. The average molecular weight is 750 g/mol. The Balaban J connectivity index is 1.65. The number of anilines is 1. The summed E-state index contributed by atoms with van der Waals surface area (Å²) in [4.78, 5) is 12.2. The van der Waals surface area contributed by atoms with Gasteiger partial charge in [0.1, 0.15) is 29.1 Å². The van der Waals surface area contributed by atoms with E-state index in [-0.39, 0.29) is 17.4 Å². The number of aromatic nitrogens is 4. The number of pyridine rings is 1. The number of ether oxygens (including phenoxy) is 3. The minimum absolute atomic E-state index is 0.0673. The van der Waals surface area contributed by atoms with Crippen molar-refractivity contribution in [2.75, 3.05) is 49.7 Å². The van der Waals surface area contributed by atoms with Crippen LogP contribution in [0.15, 0.2) is 61.1 Å². The molecule has 4 heterocycles. The topological polar surface area (TPSA) is 108 Å². The van der Waals surface area contributed by atoms with Gasteiger partial charge in [-0.3, -0.25) is 4.98 Å². The molecular formula is C38H55N5O5SSi2. The molecule has 276 valence electrons. The van der Waals surface area contributed by atoms with Crippen LogP contribution in [-0.2, 0) is 24.0 Å². The summed E-state index contributed by atoms with van der Waals surface area (Å²) >= 11 is 0. The minimum atomic E-state index is -3.09. The summed E-state index contributed by atoms with van der Waals surface area (Å²) in [6.45, 7) is 18.4. The van der Waals surface area contributed by atoms with E-state index in [9.17, 15) is 8.42 Å². The number of hydrogen-bond acceptors (Lipinski definition) is 9. The number of fused-ring (bicyclic) bond motifs is 1. The highest BCUT2D eigenvalue weighted by Gasteiger charge is 2.31. The molecule has 3 aromatic heterocycles. The molecule has 0 spiro atoms. The second-order valence-electron chi connectivity index (χ2n) is 15.7. The molecule has 0 radical (unpaired) electrons. The number of nitrogens with zero attached hydrogens (tertiary/aromatic N) is 5. The van der Waals surface area contributed by atoms with Gasteiger partial charge >= 0.3 is 0 Å². The van der Waals surface area contributed by atoms with Crippen LogP contribution < -0.4 is 4.90 Å². The zero-order valence-electron chi connectivity index (χ0n) is 31.4. The molecule has 0 aliphatic carbocycles. The summed E-state index contributed by atoms with van der Waals surface area (Å²) in [6.07, 6.45) is 8.34. The van der Waals surface area contributed by atoms with Crippen LogP contribution in [-0.4, -0.2) is 88.9 Å². The molecule has 0 saturated carbocycles. The van der Waals surface area contributed by atoms with Crippen molar-refractivity contribution in [1.29, 1.82) is 0 Å². The Bertz CT molecular complexity index is 1840. The number of hydrogen-bond donors (Lipinski definition) is 0. The quantitative estimate of drug-likeness (QED) is 0.0457. The maximum atomic E-state index is 12.6. The van der Waals surface area contributed by atoms with Gasteiger partial charge in [-0.25, -0.2) is 13.4 Å². The Hall–Kier alpha value is -3.37. The third kappa shape index (κ3) is 10.8. The minimum Gasteiger partial charge on any atom is -0.501 e. The summed E-state index contributed by atoms with van der Waals surface area (Å²) in [5.41, 5.74) is 5.99. The van der Waals surface area contributed by atoms with Crippen molar-refractivity contribution in [2.24, 2.45) is 0 Å². The first-order chi connectivity index (χ1) is 24.2. The van der Waals surface area contributed by atoms with E-state index in [1.165, 1.54) is 0 Å². The van der Waals surface area contributed by atoms with Crippen molar-refractivity contribution in [1.82, 2.24) is 19.6 Å². The molecule has 13 heteroatoms. The summed E-state index contributed by atoms with van der Waals surface area (Å²) in [6, 6.07) is 16.3. The Kier molecular flexibility index (Phi) is 12.9. The summed E-state index contributed by atoms with van der Waals surface area (Å²) < 4.78 is 45.5. The molecule has 0 amide bonds. The molecule has 1 saturated heterocycles. The molecule has 1 fully saturated rings. The summed E-state index contributed by atoms with van der Waals surface area (Å²) in [7, 11) is -5.73. The first-order valence-electron chi connectivity index (χ1n) is 18.1. The number of benzene rings is 1. The Labute approximate surface area is 306 Å². The van der Waals surface area contributed by atoms with E-state index < -0.39 is 26.0 Å². The van der Waals surface area contributed by atoms with Gasteiger partial charge in [0.05, 0.1) is 42.0 Å². The third-order valence-corrected chi connectivity index (χ3v) is 14.2. The molecule has 4 aromatic rings. The largest absolute Gasteiger partial charge is 0.501 e. The van der Waals surface area contributed by atoms with Gasteiger partial charge in [0.25, 0.3) is 0 Å². The molecule has 5 rings (SSSR count). The fourth-order valence-electron chi connectivity index (χ4n) is 5.96. The van der Waals surface area contributed by atoms with Gasteiger partial charge in [-0.2, -0.15) is 9.61 Å². The van der Waals surface area contributed by atoms with Crippen LogP contribution in [0.2, 0.25) is 51.4 Å². The smallest absolute Gasteiger partial charge is 0.165 e. The Morgan fingerprint density at radius 3 is 2.10 bits per heavy atom. The SMILES string of the molecule is CCO/C=C\c1c(C2CCS(=O)(=O)CC2)nc2c(-c3ccc(-c4ccccc4)nc3)cnn2c1N(COCC[Si](C)(C)C)COCC[Si](C)(C)C. The van der Waals surface area contributed by atoms with E-state index in [1.807, 2.05) is 66.3 Å². The second kappa shape index (κ2) is 17.0. The predicted molar refractivity (Wildman–Crippen MR) is 213 cm³/mol. The lowest BCUT2D eigenvalue weighted by molar-refractivity contribution is 0.0942. The molecule has 1 aromatic carbocycles. The molecule has 1 aliphatic rings. The molecule has 0 atom stereocenters. The zero-order chi connectivity index (χ0) is 36.6. The van der Waals surface area contributed by atoms with E-state index in [0.717, 1.165) is 51.5 Å². The highest BCUT2D eigenvalue weighted by molar-refractivity contribution is 7.91. The lowest BCUT2D eigenvalue weighted by Crippen LogP contribution is -2.34. The van der Waals surface area contributed by atoms with E-state index in [0.29, 0.717) is 51.8 Å². The monoisotopic (exact) mass is 749 g/mol. The van der Waals surface area contributed by atoms with Gasteiger partial charge in [0.2, 0.25) is 0 Å². The first kappa shape index (κ1) is 38.9. The molecule has 0 unspecified atom stereocenters. The Morgan fingerprint density at radius 1 is 0.882 bits per heavy atom. The molecule has 51 heavy (non-hydrogen) atoms. The van der Waals surface area contributed by atoms with Crippen LogP contribution in [0.3, 0.4) is 0 Å². The molecule has 0 bridgehead atoms. The van der Waals surface area contributed by atoms with Gasteiger partial charge in [0, 0.05) is 63.7 Å². The van der Waals surface area contributed by atoms with E-state index in [4.69, 9.17) is 29.3 Å². The predicted octanol–water partition coefficient (Wildman–Crippen LogP) is 8.19. The van der Waals surface area contributed by atoms with Crippen LogP contribution >= 0.6 is 0 Å². The van der Waals surface area contributed by atoms with Crippen molar-refractivity contribution in [3.05, 3.63) is 72.4 Å². The van der Waals surface area contributed by atoms with E-state index in [2.05, 4.69) is 50.2 Å². The standard InChI is InChI=1S/C38H55N5O5SSi2/c1-8-46-19-16-33-36(31-17-22-49(44,45)23-18-31)41-37-34(32-14-15-35(39-26-32)30-12-10-9-11-13-30)27-40-43(37)38(33)42(28-47-20-24-50(2,3)4)29-48-21-25-51(5,6)7/h9-16,19,26-27,31H,8,17-18,20-25,28-29H2,1-7H3/b19-16-. The molecular weight excluding hydrogens is 695 g/mol. The number of sulfone groups is 1. The molecule has 0 N–H and O–H groups in total. The van der Waals surface area contributed by atoms with Gasteiger partial charge in [-0.05, 0) is 44.0 Å². The van der Waals surface area contributed by atoms with E-state index >= 15 is 0 Å². The van der Waals surface area contributed by atoms with Crippen LogP contribution in [0.1, 0.15) is 36.9 Å². The summed E-state index contributed by atoms with van der Waals surface area (Å²) in [5, 5.41) is 4.95. The molecule has 1 aliphatic heterocycles. The van der Waals surface area contributed by atoms with Crippen LogP contribution in [0.4, 0.5) is 5.82 Å². The fraction of sp³-hybridized carbons (Fsp3) is 0.500. The lowest BCUT2D eigenvalue weighted by atomic mass is 9.94.